The standard InChI is InChI=1S/C6HClF3N3/c7-5-12-2-3(1-11)4(13-5)6(8,9)10/h2H. The van der Waals surface area contributed by atoms with E-state index >= 15 is 0 Å². The van der Waals surface area contributed by atoms with Crippen LogP contribution >= 0.6 is 11.6 Å². The van der Waals surface area contributed by atoms with Crippen LogP contribution in [-0.4, -0.2) is 9.97 Å². The molecule has 0 radical (unpaired) electrons. The number of hydrogen-bond donors (Lipinski definition) is 0. The molecule has 68 valence electrons. The van der Waals surface area contributed by atoms with Crippen molar-refractivity contribution >= 4 is 11.6 Å². The minimum Gasteiger partial charge on any atom is -0.225 e. The van der Waals surface area contributed by atoms with E-state index in [0.29, 0.717) is 0 Å². The lowest BCUT2D eigenvalue weighted by Crippen LogP contribution is -2.11. The van der Waals surface area contributed by atoms with Gasteiger partial charge in [0.15, 0.2) is 5.69 Å². The average molecular weight is 208 g/mol. The summed E-state index contributed by atoms with van der Waals surface area (Å²) in [6, 6.07) is 1.33. The Bertz CT molecular complexity index is 368. The van der Waals surface area contributed by atoms with Gasteiger partial charge in [-0.05, 0) is 11.6 Å². The topological polar surface area (TPSA) is 49.6 Å². The van der Waals surface area contributed by atoms with E-state index in [2.05, 4.69) is 9.97 Å². The number of rotatable bonds is 0. The van der Waals surface area contributed by atoms with Crippen molar-refractivity contribution in [2.24, 2.45) is 0 Å². The molecule has 0 saturated carbocycles. The molecular formula is C6HClF3N3. The fraction of sp³-hybridized carbons (Fsp3) is 0.167. The van der Waals surface area contributed by atoms with Crippen LogP contribution in [-0.2, 0) is 6.18 Å². The first-order valence-electron chi connectivity index (χ1n) is 2.95. The first-order valence-corrected chi connectivity index (χ1v) is 3.33. The first-order chi connectivity index (χ1) is 5.95. The third-order valence-corrected chi connectivity index (χ3v) is 1.33. The zero-order valence-corrected chi connectivity index (χ0v) is 6.69. The fourth-order valence-corrected chi connectivity index (χ4v) is 0.792. The van der Waals surface area contributed by atoms with Crippen LogP contribution in [0.5, 0.6) is 0 Å². The molecular weight excluding hydrogens is 207 g/mol. The van der Waals surface area contributed by atoms with Crippen LogP contribution in [0.4, 0.5) is 13.2 Å². The van der Waals surface area contributed by atoms with Gasteiger partial charge in [-0.15, -0.1) is 0 Å². The second kappa shape index (κ2) is 3.18. The molecule has 0 fully saturated rings. The highest BCUT2D eigenvalue weighted by molar-refractivity contribution is 6.28. The maximum absolute atomic E-state index is 12.1. The minimum atomic E-state index is -4.68. The van der Waals surface area contributed by atoms with Crippen molar-refractivity contribution in [3.05, 3.63) is 22.7 Å². The molecule has 0 spiro atoms. The number of nitrogens with zero attached hydrogens (tertiary/aromatic N) is 3. The molecule has 0 aliphatic rings. The Morgan fingerprint density at radius 3 is 2.54 bits per heavy atom. The highest BCUT2D eigenvalue weighted by Gasteiger charge is 2.36. The average Bonchev–Trinajstić information content (AvgIpc) is 2.03. The number of halogens is 4. The normalized spacial score (nSPS) is 11.0. The van der Waals surface area contributed by atoms with Gasteiger partial charge in [-0.25, -0.2) is 9.97 Å². The van der Waals surface area contributed by atoms with Gasteiger partial charge in [0.2, 0.25) is 5.28 Å². The second-order valence-electron chi connectivity index (χ2n) is 2.01. The van der Waals surface area contributed by atoms with Crippen LogP contribution in [0.1, 0.15) is 11.3 Å². The van der Waals surface area contributed by atoms with Crippen LogP contribution < -0.4 is 0 Å². The molecule has 0 bridgehead atoms. The summed E-state index contributed by atoms with van der Waals surface area (Å²) in [5.74, 6) is 0. The van der Waals surface area contributed by atoms with E-state index in [1.807, 2.05) is 0 Å². The summed E-state index contributed by atoms with van der Waals surface area (Å²) in [7, 11) is 0. The van der Waals surface area contributed by atoms with Crippen LogP contribution in [0, 0.1) is 11.3 Å². The molecule has 13 heavy (non-hydrogen) atoms. The summed E-state index contributed by atoms with van der Waals surface area (Å²) in [5.41, 5.74) is -1.95. The maximum atomic E-state index is 12.1. The Hall–Kier alpha value is -1.35. The van der Waals surface area contributed by atoms with E-state index < -0.39 is 22.7 Å². The van der Waals surface area contributed by atoms with E-state index in [0.717, 1.165) is 6.20 Å². The molecule has 0 N–H and O–H groups in total. The molecule has 0 amide bonds. The molecule has 0 aliphatic heterocycles. The summed E-state index contributed by atoms with van der Waals surface area (Å²) in [6.45, 7) is 0. The molecule has 0 saturated heterocycles. The summed E-state index contributed by atoms with van der Waals surface area (Å²) in [4.78, 5) is 6.18. The van der Waals surface area contributed by atoms with Crippen molar-refractivity contribution in [1.82, 2.24) is 9.97 Å². The Labute approximate surface area is 75.8 Å². The van der Waals surface area contributed by atoms with Crippen molar-refractivity contribution in [2.75, 3.05) is 0 Å². The molecule has 3 nitrogen and oxygen atoms in total. The molecule has 7 heteroatoms. The van der Waals surface area contributed by atoms with Crippen molar-refractivity contribution in [1.29, 1.82) is 5.26 Å². The molecule has 0 unspecified atom stereocenters. The van der Waals surface area contributed by atoms with Gasteiger partial charge in [0.25, 0.3) is 0 Å². The lowest BCUT2D eigenvalue weighted by molar-refractivity contribution is -0.141. The largest absolute Gasteiger partial charge is 0.434 e. The number of nitriles is 1. The van der Waals surface area contributed by atoms with Gasteiger partial charge in [0.05, 0.1) is 6.20 Å². The monoisotopic (exact) mass is 207 g/mol. The Kier molecular flexibility index (Phi) is 2.38. The van der Waals surface area contributed by atoms with Crippen LogP contribution in [0.25, 0.3) is 0 Å². The van der Waals surface area contributed by atoms with Gasteiger partial charge in [-0.1, -0.05) is 0 Å². The van der Waals surface area contributed by atoms with Crippen molar-refractivity contribution in [3.63, 3.8) is 0 Å². The minimum absolute atomic E-state index is 0.536. The quantitative estimate of drug-likeness (QED) is 0.612. The van der Waals surface area contributed by atoms with Gasteiger partial charge in [-0.3, -0.25) is 0 Å². The third kappa shape index (κ3) is 2.06. The zero-order chi connectivity index (χ0) is 10.1. The van der Waals surface area contributed by atoms with Gasteiger partial charge < -0.3 is 0 Å². The lowest BCUT2D eigenvalue weighted by atomic mass is 10.2. The fourth-order valence-electron chi connectivity index (χ4n) is 0.658. The highest BCUT2D eigenvalue weighted by Crippen LogP contribution is 2.30. The summed E-state index contributed by atoms with van der Waals surface area (Å²) in [6.07, 6.45) is -3.95. The second-order valence-corrected chi connectivity index (χ2v) is 2.35. The van der Waals surface area contributed by atoms with Crippen LogP contribution in [0.15, 0.2) is 6.20 Å². The van der Waals surface area contributed by atoms with Crippen molar-refractivity contribution in [3.8, 4) is 6.07 Å². The molecule has 0 aromatic carbocycles. The molecule has 1 aromatic rings. The number of alkyl halides is 3. The maximum Gasteiger partial charge on any atom is 0.434 e. The van der Waals surface area contributed by atoms with Gasteiger partial charge in [-0.2, -0.15) is 18.4 Å². The Morgan fingerprint density at radius 1 is 1.46 bits per heavy atom. The lowest BCUT2D eigenvalue weighted by Gasteiger charge is -2.05. The van der Waals surface area contributed by atoms with Crippen molar-refractivity contribution in [2.45, 2.75) is 6.18 Å². The van der Waals surface area contributed by atoms with E-state index in [9.17, 15) is 13.2 Å². The summed E-state index contributed by atoms with van der Waals surface area (Å²) < 4.78 is 36.3. The molecule has 0 aliphatic carbocycles. The molecule has 0 atom stereocenters. The highest BCUT2D eigenvalue weighted by atomic mass is 35.5. The van der Waals surface area contributed by atoms with E-state index in [1.54, 1.807) is 0 Å². The summed E-state index contributed by atoms with van der Waals surface area (Å²) in [5, 5.41) is 7.76. The summed E-state index contributed by atoms with van der Waals surface area (Å²) >= 11 is 5.15. The number of aromatic nitrogens is 2. The Balaban J connectivity index is 3.35. The van der Waals surface area contributed by atoms with Crippen LogP contribution in [0.3, 0.4) is 0 Å². The third-order valence-electron chi connectivity index (χ3n) is 1.15. The van der Waals surface area contributed by atoms with E-state index in [1.165, 1.54) is 6.07 Å². The molecule has 1 aromatic heterocycles. The van der Waals surface area contributed by atoms with Gasteiger partial charge in [0, 0.05) is 0 Å². The van der Waals surface area contributed by atoms with Gasteiger partial charge in [0.1, 0.15) is 11.6 Å². The van der Waals surface area contributed by atoms with E-state index in [4.69, 9.17) is 16.9 Å². The predicted octanol–water partition coefficient (Wildman–Crippen LogP) is 2.02. The smallest absolute Gasteiger partial charge is 0.225 e. The van der Waals surface area contributed by atoms with Gasteiger partial charge >= 0.3 is 6.18 Å². The molecule has 1 rings (SSSR count). The Morgan fingerprint density at radius 2 is 2.08 bits per heavy atom. The molecule has 1 heterocycles. The SMILES string of the molecule is N#Cc1cnc(Cl)nc1C(F)(F)F. The zero-order valence-electron chi connectivity index (χ0n) is 5.93. The first kappa shape index (κ1) is 9.74. The number of hydrogen-bond acceptors (Lipinski definition) is 3. The predicted molar refractivity (Wildman–Crippen MR) is 36.8 cm³/mol. The van der Waals surface area contributed by atoms with Crippen molar-refractivity contribution < 1.29 is 13.2 Å². The van der Waals surface area contributed by atoms with Crippen LogP contribution in [0.2, 0.25) is 5.28 Å². The van der Waals surface area contributed by atoms with E-state index in [-0.39, 0.29) is 0 Å².